The van der Waals surface area contributed by atoms with Gasteiger partial charge in [-0.15, -0.1) is 0 Å². The van der Waals surface area contributed by atoms with Crippen LogP contribution in [0.25, 0.3) is 0 Å². The quantitative estimate of drug-likeness (QED) is 0.0318. The average molecular weight is 1210 g/mol. The van der Waals surface area contributed by atoms with E-state index in [0.717, 1.165) is 38.5 Å². The molecule has 0 bridgehead atoms. The van der Waals surface area contributed by atoms with E-state index in [2.05, 4.69) is 19.2 Å². The molecule has 0 fully saturated rings. The molecule has 3 unspecified atom stereocenters. The van der Waals surface area contributed by atoms with Crippen molar-refractivity contribution in [3.8, 4) is 0 Å². The molecule has 504 valence electrons. The topological polar surface area (TPSA) is 105 Å². The normalized spacial score (nSPS) is 13.5. The standard InChI is InChI=1S/C75H153N2O6P/c1-6-8-10-12-14-16-18-20-22-24-26-28-30-32-34-35-36-37-38-39-40-41-42-43-45-47-49-51-53-55-57-59-61-63-65-67-69-75(79)76-73(72-83-84(80,81)82-71-70-77(3,4)5)74(78)68-66-64-62-60-58-56-54-52-50-48-46-44-33-31-29-27-25-23-21-19-17-15-13-11-9-7-2/h73-74,78H,6-72H2,1-5H3,(H-,76,79,80,81)/p+1. The van der Waals surface area contributed by atoms with Gasteiger partial charge in [-0.2, -0.15) is 0 Å². The molecular weight excluding hydrogens is 1060 g/mol. The molecule has 0 aliphatic heterocycles. The van der Waals surface area contributed by atoms with Gasteiger partial charge >= 0.3 is 7.82 Å². The lowest BCUT2D eigenvalue weighted by molar-refractivity contribution is -0.870. The molecule has 0 rings (SSSR count). The Morgan fingerprint density at radius 3 is 0.798 bits per heavy atom. The Bertz CT molecular complexity index is 1330. The number of nitrogens with zero attached hydrogens (tertiary/aromatic N) is 1. The van der Waals surface area contributed by atoms with Gasteiger partial charge in [0.1, 0.15) is 13.2 Å². The van der Waals surface area contributed by atoms with E-state index in [1.54, 1.807) is 0 Å². The summed E-state index contributed by atoms with van der Waals surface area (Å²) in [5.74, 6) is -0.132. The van der Waals surface area contributed by atoms with Gasteiger partial charge in [-0.1, -0.05) is 406 Å². The number of phosphoric ester groups is 1. The highest BCUT2D eigenvalue weighted by Gasteiger charge is 2.28. The number of rotatable bonds is 73. The summed E-state index contributed by atoms with van der Waals surface area (Å²) in [5.41, 5.74) is 0. The molecular formula is C75H154N2O6P+. The maximum absolute atomic E-state index is 13.1. The van der Waals surface area contributed by atoms with Gasteiger partial charge in [-0.3, -0.25) is 13.8 Å². The summed E-state index contributed by atoms with van der Waals surface area (Å²) < 4.78 is 23.9. The number of carbonyl (C=O) groups excluding carboxylic acids is 1. The van der Waals surface area contributed by atoms with Crippen LogP contribution in [0.5, 0.6) is 0 Å². The van der Waals surface area contributed by atoms with Gasteiger partial charge in [0.05, 0.1) is 39.9 Å². The molecule has 0 heterocycles. The van der Waals surface area contributed by atoms with Crippen LogP contribution in [0.2, 0.25) is 0 Å². The van der Waals surface area contributed by atoms with E-state index in [1.807, 2.05) is 21.1 Å². The number of nitrogens with one attached hydrogen (secondary N) is 1. The van der Waals surface area contributed by atoms with Crippen molar-refractivity contribution in [3.63, 3.8) is 0 Å². The summed E-state index contributed by atoms with van der Waals surface area (Å²) in [6, 6.07) is -0.757. The molecule has 0 saturated heterocycles. The molecule has 3 atom stereocenters. The molecule has 0 aliphatic carbocycles. The Labute approximate surface area is 527 Å². The van der Waals surface area contributed by atoms with Crippen LogP contribution in [0, 0.1) is 0 Å². The highest BCUT2D eigenvalue weighted by molar-refractivity contribution is 7.47. The zero-order chi connectivity index (χ0) is 61.2. The van der Waals surface area contributed by atoms with E-state index in [0.29, 0.717) is 23.9 Å². The number of aliphatic hydroxyl groups excluding tert-OH is 1. The van der Waals surface area contributed by atoms with Gasteiger partial charge in [0.2, 0.25) is 5.91 Å². The van der Waals surface area contributed by atoms with Crippen molar-refractivity contribution >= 4 is 13.7 Å². The lowest BCUT2D eigenvalue weighted by Crippen LogP contribution is -2.46. The zero-order valence-electron chi connectivity index (χ0n) is 58.0. The van der Waals surface area contributed by atoms with Crippen LogP contribution >= 0.6 is 7.82 Å². The van der Waals surface area contributed by atoms with E-state index in [1.165, 1.54) is 360 Å². The molecule has 0 aromatic heterocycles. The van der Waals surface area contributed by atoms with Crippen molar-refractivity contribution in [3.05, 3.63) is 0 Å². The fourth-order valence-corrected chi connectivity index (χ4v) is 13.1. The summed E-state index contributed by atoms with van der Waals surface area (Å²) in [5, 5.41) is 14.2. The van der Waals surface area contributed by atoms with Crippen LogP contribution in [-0.4, -0.2) is 73.4 Å². The Morgan fingerprint density at radius 1 is 0.357 bits per heavy atom. The number of amides is 1. The Balaban J connectivity index is 3.90. The van der Waals surface area contributed by atoms with E-state index in [4.69, 9.17) is 9.05 Å². The number of aliphatic hydroxyl groups is 1. The first-order valence-electron chi connectivity index (χ1n) is 38.4. The minimum absolute atomic E-state index is 0.0796. The molecule has 0 aromatic rings. The lowest BCUT2D eigenvalue weighted by atomic mass is 10.0. The Kier molecular flexibility index (Phi) is 66.5. The molecule has 8 nitrogen and oxygen atoms in total. The van der Waals surface area contributed by atoms with Crippen LogP contribution in [-0.2, 0) is 18.4 Å². The second-order valence-electron chi connectivity index (χ2n) is 28.1. The Hall–Kier alpha value is -0.500. The Morgan fingerprint density at radius 2 is 0.571 bits per heavy atom. The monoisotopic (exact) mass is 1210 g/mol. The molecule has 0 aliphatic rings. The smallest absolute Gasteiger partial charge is 0.391 e. The molecule has 1 amide bonds. The lowest BCUT2D eigenvalue weighted by Gasteiger charge is -2.26. The number of phosphoric acid groups is 1. The average Bonchev–Trinajstić information content (AvgIpc) is 3.56. The van der Waals surface area contributed by atoms with Crippen molar-refractivity contribution in [2.24, 2.45) is 0 Å². The highest BCUT2D eigenvalue weighted by atomic mass is 31.2. The van der Waals surface area contributed by atoms with E-state index < -0.39 is 20.0 Å². The number of likely N-dealkylation sites (N-methyl/N-ethyl adjacent to an activating group) is 1. The van der Waals surface area contributed by atoms with Gasteiger partial charge in [-0.25, -0.2) is 4.57 Å². The minimum Gasteiger partial charge on any atom is -0.391 e. The molecule has 3 N–H and O–H groups in total. The van der Waals surface area contributed by atoms with Gasteiger partial charge in [0.25, 0.3) is 0 Å². The summed E-state index contributed by atoms with van der Waals surface area (Å²) in [7, 11) is 1.64. The molecule has 9 heteroatoms. The van der Waals surface area contributed by atoms with E-state index >= 15 is 0 Å². The first-order valence-corrected chi connectivity index (χ1v) is 39.9. The zero-order valence-corrected chi connectivity index (χ0v) is 58.8. The molecule has 84 heavy (non-hydrogen) atoms. The van der Waals surface area contributed by atoms with E-state index in [9.17, 15) is 19.4 Å². The second kappa shape index (κ2) is 66.9. The summed E-state index contributed by atoms with van der Waals surface area (Å²) in [6.45, 7) is 4.97. The van der Waals surface area contributed by atoms with Gasteiger partial charge in [0.15, 0.2) is 0 Å². The van der Waals surface area contributed by atoms with Crippen molar-refractivity contribution in [1.82, 2.24) is 5.32 Å². The van der Waals surface area contributed by atoms with Crippen LogP contribution in [0.4, 0.5) is 0 Å². The first-order chi connectivity index (χ1) is 41.0. The van der Waals surface area contributed by atoms with Gasteiger partial charge in [-0.05, 0) is 12.8 Å². The molecule has 0 radical (unpaired) electrons. The summed E-state index contributed by atoms with van der Waals surface area (Å²) in [4.78, 5) is 23.5. The predicted octanol–water partition coefficient (Wildman–Crippen LogP) is 24.7. The highest BCUT2D eigenvalue weighted by Crippen LogP contribution is 2.43. The number of quaternary nitrogens is 1. The fourth-order valence-electron chi connectivity index (χ4n) is 12.4. The van der Waals surface area contributed by atoms with Crippen LogP contribution in [0.15, 0.2) is 0 Å². The number of hydrogen-bond acceptors (Lipinski definition) is 5. The number of unbranched alkanes of at least 4 members (excludes halogenated alkanes) is 60. The van der Waals surface area contributed by atoms with Gasteiger partial charge in [0, 0.05) is 6.42 Å². The minimum atomic E-state index is -4.33. The third kappa shape index (κ3) is 69.0. The third-order valence-electron chi connectivity index (χ3n) is 18.4. The summed E-state index contributed by atoms with van der Waals surface area (Å²) in [6.07, 6.45) is 85.3. The van der Waals surface area contributed by atoms with Crippen molar-refractivity contribution < 1.29 is 32.9 Å². The van der Waals surface area contributed by atoms with Crippen LogP contribution < -0.4 is 5.32 Å². The van der Waals surface area contributed by atoms with Crippen molar-refractivity contribution in [2.75, 3.05) is 40.9 Å². The maximum atomic E-state index is 13.1. The number of hydrogen-bond donors (Lipinski definition) is 3. The predicted molar refractivity (Wildman–Crippen MR) is 369 cm³/mol. The SMILES string of the molecule is CCCCCCCCCCCCCCCCCCCCCCCCCCCCCCCCCCCCCCC(=O)NC(COP(=O)(O)OCC[N+](C)(C)C)C(O)CCCCCCCCCCCCCCCCCCCCCCCCCCCC. The third-order valence-corrected chi connectivity index (χ3v) is 19.3. The summed E-state index contributed by atoms with van der Waals surface area (Å²) >= 11 is 0. The van der Waals surface area contributed by atoms with Gasteiger partial charge < -0.3 is 19.8 Å². The molecule has 0 saturated carbocycles. The van der Waals surface area contributed by atoms with Crippen molar-refractivity contribution in [1.29, 1.82) is 0 Å². The second-order valence-corrected chi connectivity index (χ2v) is 29.6. The van der Waals surface area contributed by atoms with E-state index in [-0.39, 0.29) is 19.1 Å². The maximum Gasteiger partial charge on any atom is 0.472 e. The number of carbonyl (C=O) groups is 1. The largest absolute Gasteiger partial charge is 0.472 e. The molecule has 0 spiro atoms. The van der Waals surface area contributed by atoms with Crippen LogP contribution in [0.3, 0.4) is 0 Å². The van der Waals surface area contributed by atoms with Crippen molar-refractivity contribution in [2.45, 2.75) is 437 Å². The van der Waals surface area contributed by atoms with Crippen LogP contribution in [0.1, 0.15) is 425 Å². The first kappa shape index (κ1) is 83.5. The fraction of sp³-hybridized carbons (Fsp3) is 0.987. The molecule has 0 aromatic carbocycles.